The van der Waals surface area contributed by atoms with Crippen LogP contribution in [-0.4, -0.2) is 17.7 Å². The highest BCUT2D eigenvalue weighted by molar-refractivity contribution is 7.64. The van der Waals surface area contributed by atoms with Crippen LogP contribution >= 0.6 is 33.2 Å². The third-order valence-electron chi connectivity index (χ3n) is 1.81. The maximum atomic E-state index is 7.57. The lowest BCUT2D eigenvalue weighted by Crippen LogP contribution is -2.07. The van der Waals surface area contributed by atoms with Crippen molar-refractivity contribution < 1.29 is 5.11 Å². The van der Waals surface area contributed by atoms with E-state index in [0.29, 0.717) is 0 Å². The second-order valence-corrected chi connectivity index (χ2v) is 12.7. The Morgan fingerprint density at radius 2 is 1.27 bits per heavy atom. The zero-order valence-corrected chi connectivity index (χ0v) is 13.0. The Labute approximate surface area is 109 Å². The smallest absolute Gasteiger partial charge is 0.341 e. The molecule has 1 N–H and O–H groups in total. The first-order valence-electron chi connectivity index (χ1n) is 5.65. The van der Waals surface area contributed by atoms with E-state index < -0.39 is 6.00 Å². The van der Waals surface area contributed by atoms with Gasteiger partial charge in [-0.1, -0.05) is 45.4 Å². The van der Waals surface area contributed by atoms with E-state index in [1.807, 2.05) is 0 Å². The summed E-state index contributed by atoms with van der Waals surface area (Å²) in [5.41, 5.74) is 0. The van der Waals surface area contributed by atoms with Crippen LogP contribution in [0.1, 0.15) is 52.4 Å². The van der Waals surface area contributed by atoms with Crippen LogP contribution in [0.4, 0.5) is 0 Å². The zero-order chi connectivity index (χ0) is 12.2. The maximum absolute atomic E-state index is 7.57. The van der Waals surface area contributed by atoms with Gasteiger partial charge in [0.2, 0.25) is 0 Å². The van der Waals surface area contributed by atoms with Crippen LogP contribution in [0.25, 0.3) is 0 Å². The molecular weight excluding hydrogens is 271 g/mol. The SMILES string of the molecule is CCCCCCCC[Si](Cl)(Cl)Cl.CCO. The minimum Gasteiger partial charge on any atom is -0.397 e. The van der Waals surface area contributed by atoms with Crippen LogP contribution in [0.3, 0.4) is 0 Å². The Balaban J connectivity index is 0. The van der Waals surface area contributed by atoms with Gasteiger partial charge in [0.05, 0.1) is 0 Å². The van der Waals surface area contributed by atoms with Crippen molar-refractivity contribution in [3.63, 3.8) is 0 Å². The van der Waals surface area contributed by atoms with Gasteiger partial charge in [-0.05, 0) is 13.0 Å². The Morgan fingerprint density at radius 3 is 1.67 bits per heavy atom. The third-order valence-corrected chi connectivity index (χ3v) is 4.44. The maximum Gasteiger partial charge on any atom is 0.341 e. The Hall–Kier alpha value is 1.05. The minimum atomic E-state index is -2.31. The molecule has 0 heterocycles. The molecule has 5 heteroatoms. The molecule has 0 aliphatic heterocycles. The number of unbranched alkanes of at least 4 members (excludes halogenated alkanes) is 5. The first kappa shape index (κ1) is 18.4. The van der Waals surface area contributed by atoms with Crippen LogP contribution in [-0.2, 0) is 0 Å². The standard InChI is InChI=1S/C8H17Cl3Si.C2H6O/c1-2-3-4-5-6-7-8-12(9,10)11;1-2-3/h2-8H2,1H3;3H,2H2,1H3. The van der Waals surface area contributed by atoms with Crippen molar-refractivity contribution in [2.75, 3.05) is 6.61 Å². The number of hydrogen-bond donors (Lipinski definition) is 1. The van der Waals surface area contributed by atoms with Crippen molar-refractivity contribution in [2.45, 2.75) is 58.4 Å². The fourth-order valence-corrected chi connectivity index (χ4v) is 2.96. The highest BCUT2D eigenvalue weighted by Crippen LogP contribution is 2.27. The van der Waals surface area contributed by atoms with E-state index in [1.54, 1.807) is 6.92 Å². The van der Waals surface area contributed by atoms with Gasteiger partial charge in [-0.2, -0.15) is 0 Å². The molecule has 0 spiro atoms. The minimum absolute atomic E-state index is 0.250. The lowest BCUT2D eigenvalue weighted by atomic mass is 10.1. The van der Waals surface area contributed by atoms with Crippen LogP contribution in [0.15, 0.2) is 0 Å². The first-order valence-corrected chi connectivity index (χ1v) is 10.9. The molecule has 15 heavy (non-hydrogen) atoms. The molecule has 0 radical (unpaired) electrons. The number of hydrogen-bond acceptors (Lipinski definition) is 1. The molecule has 0 amide bonds. The predicted molar refractivity (Wildman–Crippen MR) is 74.3 cm³/mol. The molecule has 0 aliphatic carbocycles. The molecule has 0 aromatic rings. The van der Waals surface area contributed by atoms with Gasteiger partial charge in [-0.3, -0.25) is 0 Å². The number of aliphatic hydroxyl groups excluding tert-OH is 1. The monoisotopic (exact) mass is 292 g/mol. The molecule has 94 valence electrons. The highest BCUT2D eigenvalue weighted by Gasteiger charge is 2.23. The number of aliphatic hydroxyl groups is 1. The molecule has 0 aromatic heterocycles. The van der Waals surface area contributed by atoms with Crippen molar-refractivity contribution >= 4 is 39.2 Å². The van der Waals surface area contributed by atoms with Gasteiger partial charge in [-0.15, -0.1) is 33.2 Å². The van der Waals surface area contributed by atoms with E-state index in [1.165, 1.54) is 32.1 Å². The summed E-state index contributed by atoms with van der Waals surface area (Å²) in [6, 6.07) is -1.49. The summed E-state index contributed by atoms with van der Waals surface area (Å²) in [7, 11) is 0. The van der Waals surface area contributed by atoms with Gasteiger partial charge in [0.1, 0.15) is 0 Å². The van der Waals surface area contributed by atoms with E-state index in [0.717, 1.165) is 12.5 Å². The van der Waals surface area contributed by atoms with Crippen LogP contribution in [0.5, 0.6) is 0 Å². The van der Waals surface area contributed by atoms with Crippen LogP contribution in [0, 0.1) is 0 Å². The summed E-state index contributed by atoms with van der Waals surface area (Å²) in [4.78, 5) is 0. The van der Waals surface area contributed by atoms with E-state index in [9.17, 15) is 0 Å². The molecule has 0 rings (SSSR count). The molecule has 0 unspecified atom stereocenters. The van der Waals surface area contributed by atoms with Crippen molar-refractivity contribution in [1.82, 2.24) is 0 Å². The Bertz CT molecular complexity index is 118. The van der Waals surface area contributed by atoms with Crippen LogP contribution < -0.4 is 0 Å². The molecule has 0 saturated carbocycles. The topological polar surface area (TPSA) is 20.2 Å². The molecule has 0 fully saturated rings. The van der Waals surface area contributed by atoms with E-state index in [-0.39, 0.29) is 6.61 Å². The molecule has 1 nitrogen and oxygen atoms in total. The molecule has 0 aliphatic rings. The highest BCUT2D eigenvalue weighted by atomic mass is 35.8. The first-order chi connectivity index (χ1) is 6.97. The summed E-state index contributed by atoms with van der Waals surface area (Å²) >= 11 is 17.2. The summed E-state index contributed by atoms with van der Waals surface area (Å²) < 4.78 is 0. The van der Waals surface area contributed by atoms with Crippen molar-refractivity contribution in [3.05, 3.63) is 0 Å². The van der Waals surface area contributed by atoms with Crippen molar-refractivity contribution in [3.8, 4) is 0 Å². The van der Waals surface area contributed by atoms with Gasteiger partial charge in [0.25, 0.3) is 0 Å². The lowest BCUT2D eigenvalue weighted by molar-refractivity contribution is 0.318. The van der Waals surface area contributed by atoms with Gasteiger partial charge >= 0.3 is 6.00 Å². The molecule has 0 saturated heterocycles. The summed E-state index contributed by atoms with van der Waals surface area (Å²) in [6.45, 7) is 4.15. The van der Waals surface area contributed by atoms with Crippen molar-refractivity contribution in [1.29, 1.82) is 0 Å². The summed E-state index contributed by atoms with van der Waals surface area (Å²) in [5.74, 6) is 0. The van der Waals surface area contributed by atoms with Crippen LogP contribution in [0.2, 0.25) is 6.04 Å². The zero-order valence-electron chi connectivity index (χ0n) is 9.74. The fourth-order valence-electron chi connectivity index (χ4n) is 1.11. The van der Waals surface area contributed by atoms with E-state index in [4.69, 9.17) is 38.3 Å². The molecular formula is C10H23Cl3OSi. The average molecular weight is 294 g/mol. The quantitative estimate of drug-likeness (QED) is 0.398. The summed E-state index contributed by atoms with van der Waals surface area (Å²) in [6.07, 6.45) is 7.57. The van der Waals surface area contributed by atoms with Gasteiger partial charge in [0, 0.05) is 6.61 Å². The van der Waals surface area contributed by atoms with Gasteiger partial charge < -0.3 is 5.11 Å². The Kier molecular flexibility index (Phi) is 16.1. The Morgan fingerprint density at radius 1 is 0.867 bits per heavy atom. The number of halogens is 3. The average Bonchev–Trinajstić information content (AvgIpc) is 2.11. The van der Waals surface area contributed by atoms with E-state index in [2.05, 4.69) is 6.92 Å². The molecule has 0 aromatic carbocycles. The lowest BCUT2D eigenvalue weighted by Gasteiger charge is -2.06. The second kappa shape index (κ2) is 13.1. The third kappa shape index (κ3) is 25.4. The van der Waals surface area contributed by atoms with Crippen molar-refractivity contribution in [2.24, 2.45) is 0 Å². The largest absolute Gasteiger partial charge is 0.397 e. The van der Waals surface area contributed by atoms with Gasteiger partial charge in [0.15, 0.2) is 0 Å². The normalized spacial score (nSPS) is 10.8. The number of rotatable bonds is 7. The second-order valence-electron chi connectivity index (χ2n) is 3.45. The predicted octanol–water partition coefficient (Wildman–Crippen LogP) is 5.00. The molecule has 0 atom stereocenters. The van der Waals surface area contributed by atoms with E-state index >= 15 is 0 Å². The fraction of sp³-hybridized carbons (Fsp3) is 1.00. The van der Waals surface area contributed by atoms with Gasteiger partial charge in [-0.25, -0.2) is 0 Å². The summed E-state index contributed by atoms with van der Waals surface area (Å²) in [5, 5.41) is 7.57. The molecule has 0 bridgehead atoms.